The van der Waals surface area contributed by atoms with Crippen molar-refractivity contribution < 1.29 is 4.74 Å². The zero-order valence-corrected chi connectivity index (χ0v) is 12.6. The maximum Gasteiger partial charge on any atom is 0.194 e. The summed E-state index contributed by atoms with van der Waals surface area (Å²) in [6, 6.07) is 17.6. The first-order valence-corrected chi connectivity index (χ1v) is 7.12. The van der Waals surface area contributed by atoms with E-state index in [9.17, 15) is 0 Å². The molecule has 0 radical (unpaired) electrons. The monoisotopic (exact) mass is 378 g/mol. The van der Waals surface area contributed by atoms with E-state index in [0.717, 1.165) is 15.0 Å². The fraction of sp³-hybridized carbons (Fsp3) is 0.0714. The van der Waals surface area contributed by atoms with E-state index < -0.39 is 0 Å². The standard InChI is InChI=1S/C14H11IN4O/c15-11-5-4-8-13(9-11)20-10-14-16-17-18-19(14)12-6-2-1-3-7-12/h1-9H,10H2. The molecule has 0 aliphatic carbocycles. The van der Waals surface area contributed by atoms with Gasteiger partial charge in [-0.05, 0) is 63.3 Å². The van der Waals surface area contributed by atoms with Crippen LogP contribution in [0.5, 0.6) is 5.75 Å². The molecule has 1 aromatic heterocycles. The van der Waals surface area contributed by atoms with E-state index in [1.807, 2.05) is 54.6 Å². The molecule has 0 aliphatic rings. The largest absolute Gasteiger partial charge is 0.485 e. The topological polar surface area (TPSA) is 52.8 Å². The number of aromatic nitrogens is 4. The first kappa shape index (κ1) is 13.0. The van der Waals surface area contributed by atoms with Gasteiger partial charge >= 0.3 is 0 Å². The van der Waals surface area contributed by atoms with Crippen molar-refractivity contribution >= 4 is 22.6 Å². The van der Waals surface area contributed by atoms with E-state index in [1.54, 1.807) is 4.68 Å². The fourth-order valence-electron chi connectivity index (χ4n) is 1.77. The zero-order chi connectivity index (χ0) is 13.8. The second kappa shape index (κ2) is 6.00. The summed E-state index contributed by atoms with van der Waals surface area (Å²) in [6.07, 6.45) is 0. The van der Waals surface area contributed by atoms with Gasteiger partial charge in [-0.25, -0.2) is 0 Å². The van der Waals surface area contributed by atoms with Crippen LogP contribution in [0.15, 0.2) is 54.6 Å². The average molecular weight is 378 g/mol. The summed E-state index contributed by atoms with van der Waals surface area (Å²) in [4.78, 5) is 0. The third-order valence-corrected chi connectivity index (χ3v) is 3.37. The van der Waals surface area contributed by atoms with Gasteiger partial charge in [-0.15, -0.1) is 5.10 Å². The number of tetrazole rings is 1. The minimum absolute atomic E-state index is 0.321. The van der Waals surface area contributed by atoms with E-state index in [0.29, 0.717) is 12.4 Å². The van der Waals surface area contributed by atoms with Crippen molar-refractivity contribution in [2.75, 3.05) is 0 Å². The fourth-order valence-corrected chi connectivity index (χ4v) is 2.28. The first-order valence-electron chi connectivity index (χ1n) is 6.04. The Morgan fingerprint density at radius 3 is 2.70 bits per heavy atom. The normalized spacial score (nSPS) is 10.4. The van der Waals surface area contributed by atoms with Gasteiger partial charge in [0.2, 0.25) is 0 Å². The second-order valence-electron chi connectivity index (χ2n) is 4.09. The number of rotatable bonds is 4. The van der Waals surface area contributed by atoms with Gasteiger partial charge in [0.1, 0.15) is 12.4 Å². The van der Waals surface area contributed by atoms with Gasteiger partial charge in [-0.3, -0.25) is 0 Å². The Bertz CT molecular complexity index is 699. The average Bonchev–Trinajstić information content (AvgIpc) is 2.95. The quantitative estimate of drug-likeness (QED) is 0.656. The lowest BCUT2D eigenvalue weighted by atomic mass is 10.3. The van der Waals surface area contributed by atoms with Crippen molar-refractivity contribution in [3.8, 4) is 11.4 Å². The van der Waals surface area contributed by atoms with Crippen molar-refractivity contribution in [2.45, 2.75) is 6.61 Å². The second-order valence-corrected chi connectivity index (χ2v) is 5.33. The lowest BCUT2D eigenvalue weighted by Crippen LogP contribution is -2.06. The van der Waals surface area contributed by atoms with Crippen LogP contribution >= 0.6 is 22.6 Å². The third-order valence-electron chi connectivity index (χ3n) is 2.70. The van der Waals surface area contributed by atoms with Crippen LogP contribution in [0.1, 0.15) is 5.82 Å². The van der Waals surface area contributed by atoms with Gasteiger partial charge in [-0.2, -0.15) is 4.68 Å². The number of nitrogens with zero attached hydrogens (tertiary/aromatic N) is 4. The smallest absolute Gasteiger partial charge is 0.194 e. The summed E-state index contributed by atoms with van der Waals surface area (Å²) < 4.78 is 8.53. The van der Waals surface area contributed by atoms with Crippen LogP contribution in [0.3, 0.4) is 0 Å². The molecular weight excluding hydrogens is 367 g/mol. The lowest BCUT2D eigenvalue weighted by molar-refractivity contribution is 0.292. The number of ether oxygens (including phenoxy) is 1. The molecule has 5 nitrogen and oxygen atoms in total. The Labute approximate surface area is 129 Å². The van der Waals surface area contributed by atoms with Gasteiger partial charge < -0.3 is 4.74 Å². The summed E-state index contributed by atoms with van der Waals surface area (Å²) in [5, 5.41) is 11.7. The van der Waals surface area contributed by atoms with Crippen LogP contribution < -0.4 is 4.74 Å². The summed E-state index contributed by atoms with van der Waals surface area (Å²) in [5.41, 5.74) is 0.916. The predicted molar refractivity (Wildman–Crippen MR) is 82.6 cm³/mol. The Morgan fingerprint density at radius 1 is 1.05 bits per heavy atom. The molecule has 0 aliphatic heterocycles. The van der Waals surface area contributed by atoms with Crippen LogP contribution in [0.2, 0.25) is 0 Å². The van der Waals surface area contributed by atoms with Gasteiger partial charge in [0.05, 0.1) is 5.69 Å². The Morgan fingerprint density at radius 2 is 1.90 bits per heavy atom. The van der Waals surface area contributed by atoms with E-state index in [4.69, 9.17) is 4.74 Å². The molecule has 0 unspecified atom stereocenters. The molecule has 0 saturated heterocycles. The molecule has 0 saturated carbocycles. The summed E-state index contributed by atoms with van der Waals surface area (Å²) >= 11 is 2.25. The maximum absolute atomic E-state index is 5.73. The molecule has 100 valence electrons. The highest BCUT2D eigenvalue weighted by Crippen LogP contribution is 2.16. The Hall–Kier alpha value is -1.96. The molecule has 2 aromatic carbocycles. The Balaban J connectivity index is 1.78. The van der Waals surface area contributed by atoms with Crippen molar-refractivity contribution in [1.29, 1.82) is 0 Å². The molecule has 20 heavy (non-hydrogen) atoms. The third kappa shape index (κ3) is 2.96. The molecule has 0 fully saturated rings. The number of hydrogen-bond donors (Lipinski definition) is 0. The summed E-state index contributed by atoms with van der Waals surface area (Å²) in [6.45, 7) is 0.321. The molecule has 0 N–H and O–H groups in total. The van der Waals surface area contributed by atoms with Gasteiger partial charge in [0.25, 0.3) is 0 Å². The van der Waals surface area contributed by atoms with E-state index in [-0.39, 0.29) is 0 Å². The van der Waals surface area contributed by atoms with Crippen LogP contribution in [0.4, 0.5) is 0 Å². The van der Waals surface area contributed by atoms with Crippen LogP contribution in [-0.4, -0.2) is 20.2 Å². The van der Waals surface area contributed by atoms with Crippen LogP contribution in [-0.2, 0) is 6.61 Å². The maximum atomic E-state index is 5.73. The summed E-state index contributed by atoms with van der Waals surface area (Å²) in [7, 11) is 0. The van der Waals surface area contributed by atoms with Crippen LogP contribution in [0.25, 0.3) is 5.69 Å². The molecule has 0 bridgehead atoms. The van der Waals surface area contributed by atoms with Gasteiger partial charge in [0.15, 0.2) is 5.82 Å². The number of para-hydroxylation sites is 1. The zero-order valence-electron chi connectivity index (χ0n) is 10.5. The highest BCUT2D eigenvalue weighted by atomic mass is 127. The van der Waals surface area contributed by atoms with Gasteiger partial charge in [0, 0.05) is 3.57 Å². The molecule has 1 heterocycles. The molecule has 0 amide bonds. The minimum atomic E-state index is 0.321. The molecule has 3 aromatic rings. The van der Waals surface area contributed by atoms with Crippen molar-refractivity contribution in [1.82, 2.24) is 20.2 Å². The Kier molecular flexibility index (Phi) is 3.91. The van der Waals surface area contributed by atoms with E-state index in [2.05, 4.69) is 38.1 Å². The SMILES string of the molecule is Ic1cccc(OCc2nnnn2-c2ccccc2)c1. The number of benzene rings is 2. The molecule has 0 spiro atoms. The van der Waals surface area contributed by atoms with Crippen molar-refractivity contribution in [2.24, 2.45) is 0 Å². The van der Waals surface area contributed by atoms with Crippen molar-refractivity contribution in [3.05, 3.63) is 64.0 Å². The first-order chi connectivity index (χ1) is 9.83. The lowest BCUT2D eigenvalue weighted by Gasteiger charge is -2.07. The van der Waals surface area contributed by atoms with E-state index in [1.165, 1.54) is 0 Å². The minimum Gasteiger partial charge on any atom is -0.485 e. The van der Waals surface area contributed by atoms with Gasteiger partial charge in [-0.1, -0.05) is 24.3 Å². The van der Waals surface area contributed by atoms with Crippen LogP contribution in [0, 0.1) is 3.57 Å². The molecule has 0 atom stereocenters. The van der Waals surface area contributed by atoms with E-state index >= 15 is 0 Å². The predicted octanol–water partition coefficient (Wildman–Crippen LogP) is 2.85. The number of halogens is 1. The number of hydrogen-bond acceptors (Lipinski definition) is 4. The molecule has 3 rings (SSSR count). The highest BCUT2D eigenvalue weighted by molar-refractivity contribution is 14.1. The summed E-state index contributed by atoms with van der Waals surface area (Å²) in [5.74, 6) is 1.47. The molecular formula is C14H11IN4O. The van der Waals surface area contributed by atoms with Crippen molar-refractivity contribution in [3.63, 3.8) is 0 Å². The molecule has 6 heteroatoms. The highest BCUT2D eigenvalue weighted by Gasteiger charge is 2.08.